The molecule has 1 aliphatic carbocycles. The van der Waals surface area contributed by atoms with Crippen molar-refractivity contribution >= 4 is 35.1 Å². The van der Waals surface area contributed by atoms with Crippen LogP contribution >= 0.6 is 11.9 Å². The lowest BCUT2D eigenvalue weighted by atomic mass is 9.82. The van der Waals surface area contributed by atoms with Gasteiger partial charge in [0.15, 0.2) is 0 Å². The lowest BCUT2D eigenvalue weighted by Gasteiger charge is -2.35. The highest BCUT2D eigenvalue weighted by Crippen LogP contribution is 2.35. The van der Waals surface area contributed by atoms with Gasteiger partial charge in [-0.05, 0) is 112 Å². The summed E-state index contributed by atoms with van der Waals surface area (Å²) in [6.07, 6.45) is 9.31. The maximum absolute atomic E-state index is 12.8. The fourth-order valence-electron chi connectivity index (χ4n) is 6.29. The zero-order valence-electron chi connectivity index (χ0n) is 22.9. The van der Waals surface area contributed by atoms with Crippen molar-refractivity contribution in [2.24, 2.45) is 23.5 Å². The molecule has 2 heterocycles. The fourth-order valence-corrected chi connectivity index (χ4v) is 7.25. The third-order valence-corrected chi connectivity index (χ3v) is 9.59. The highest BCUT2D eigenvalue weighted by molar-refractivity contribution is 7.97. The van der Waals surface area contributed by atoms with E-state index < -0.39 is 0 Å². The van der Waals surface area contributed by atoms with Gasteiger partial charge >= 0.3 is 0 Å². The summed E-state index contributed by atoms with van der Waals surface area (Å²) in [7, 11) is 0. The summed E-state index contributed by atoms with van der Waals surface area (Å²) in [5.41, 5.74) is 9.03. The van der Waals surface area contributed by atoms with Crippen LogP contribution in [0.15, 0.2) is 53.4 Å². The van der Waals surface area contributed by atoms with E-state index in [-0.39, 0.29) is 23.8 Å². The first-order valence-corrected chi connectivity index (χ1v) is 15.5. The van der Waals surface area contributed by atoms with E-state index in [2.05, 4.69) is 62.7 Å². The number of anilines is 2. The Morgan fingerprint density at radius 1 is 0.949 bits per heavy atom. The molecule has 0 radical (unpaired) electrons. The smallest absolute Gasteiger partial charge is 0.241 e. The van der Waals surface area contributed by atoms with Crippen LogP contribution in [-0.4, -0.2) is 44.0 Å². The average Bonchev–Trinajstić information content (AvgIpc) is 3.50. The van der Waals surface area contributed by atoms with E-state index in [1.54, 1.807) is 11.9 Å². The molecule has 7 nitrogen and oxygen atoms in total. The van der Waals surface area contributed by atoms with Crippen molar-refractivity contribution in [3.8, 4) is 0 Å². The molecule has 1 unspecified atom stereocenters. The lowest BCUT2D eigenvalue weighted by Crippen LogP contribution is -2.36. The van der Waals surface area contributed by atoms with Gasteiger partial charge in [-0.3, -0.25) is 14.3 Å². The van der Waals surface area contributed by atoms with E-state index >= 15 is 0 Å². The Labute approximate surface area is 237 Å². The normalized spacial score (nSPS) is 24.0. The molecule has 2 aliphatic heterocycles. The number of nitrogens with two attached hydrogens (primary N) is 1. The van der Waals surface area contributed by atoms with Crippen molar-refractivity contribution in [1.29, 1.82) is 0 Å². The highest BCUT2D eigenvalue weighted by atomic mass is 32.2. The molecule has 3 fully saturated rings. The van der Waals surface area contributed by atoms with Gasteiger partial charge in [-0.15, -0.1) is 0 Å². The summed E-state index contributed by atoms with van der Waals surface area (Å²) in [6.45, 7) is 3.89. The molecule has 0 spiro atoms. The van der Waals surface area contributed by atoms with Crippen molar-refractivity contribution in [1.82, 2.24) is 10.0 Å². The molecule has 5 rings (SSSR count). The standard InChI is InChI=1S/C31H43N5O2S/c32-30(37)25-10-8-24(9-11-25)21-34-39-29-20-26(35-31(38)27-7-4-16-33-27)12-13-28(29)36-17-14-23(15-18-36)19-22-5-2-1-3-6-22/h1-3,5-6,12-13,20,23-25,27,33-34H,4,7-11,14-19,21H2,(H2,32,37)(H,35,38). The molecule has 210 valence electrons. The molecule has 2 aromatic rings. The summed E-state index contributed by atoms with van der Waals surface area (Å²) in [6, 6.07) is 17.1. The molecule has 39 heavy (non-hydrogen) atoms. The van der Waals surface area contributed by atoms with Crippen molar-refractivity contribution in [2.45, 2.75) is 68.7 Å². The first kappa shape index (κ1) is 28.0. The zero-order chi connectivity index (χ0) is 27.0. The summed E-state index contributed by atoms with van der Waals surface area (Å²) >= 11 is 1.67. The third kappa shape index (κ3) is 7.77. The SMILES string of the molecule is NC(=O)C1CCC(CNSc2cc(NC(=O)C3CCCN3)ccc2N2CCC(Cc3ccccc3)CC2)CC1. The Kier molecular flexibility index (Phi) is 9.82. The first-order chi connectivity index (χ1) is 19.0. The minimum absolute atomic E-state index is 0.0416. The Morgan fingerprint density at radius 2 is 1.72 bits per heavy atom. The van der Waals surface area contributed by atoms with Crippen LogP contribution in [-0.2, 0) is 16.0 Å². The predicted octanol–water partition coefficient (Wildman–Crippen LogP) is 4.72. The highest BCUT2D eigenvalue weighted by Gasteiger charge is 2.26. The van der Waals surface area contributed by atoms with Crippen LogP contribution in [0.25, 0.3) is 0 Å². The molecule has 3 aliphatic rings. The molecule has 0 aromatic heterocycles. The Bertz CT molecular complexity index is 1090. The second kappa shape index (κ2) is 13.7. The van der Waals surface area contributed by atoms with Gasteiger partial charge in [0.25, 0.3) is 0 Å². The molecule has 2 saturated heterocycles. The number of hydrogen-bond acceptors (Lipinski definition) is 6. The van der Waals surface area contributed by atoms with Crippen LogP contribution in [0.2, 0.25) is 0 Å². The van der Waals surface area contributed by atoms with Crippen LogP contribution in [0.4, 0.5) is 11.4 Å². The van der Waals surface area contributed by atoms with E-state index in [1.165, 1.54) is 24.1 Å². The monoisotopic (exact) mass is 549 g/mol. The first-order valence-electron chi connectivity index (χ1n) is 14.7. The van der Waals surface area contributed by atoms with E-state index in [4.69, 9.17) is 5.73 Å². The van der Waals surface area contributed by atoms with E-state index in [9.17, 15) is 9.59 Å². The lowest BCUT2D eigenvalue weighted by molar-refractivity contribution is -0.123. The molecule has 5 N–H and O–H groups in total. The summed E-state index contributed by atoms with van der Waals surface area (Å²) < 4.78 is 3.62. The van der Waals surface area contributed by atoms with Crippen molar-refractivity contribution in [3.63, 3.8) is 0 Å². The van der Waals surface area contributed by atoms with Crippen molar-refractivity contribution in [2.75, 3.05) is 36.4 Å². The molecule has 2 amide bonds. The number of benzene rings is 2. The number of amides is 2. The van der Waals surface area contributed by atoms with Crippen LogP contribution in [0.3, 0.4) is 0 Å². The van der Waals surface area contributed by atoms with Crippen LogP contribution < -0.4 is 26.0 Å². The Morgan fingerprint density at radius 3 is 2.41 bits per heavy atom. The maximum atomic E-state index is 12.8. The van der Waals surface area contributed by atoms with Gasteiger partial charge in [-0.2, -0.15) is 0 Å². The van der Waals surface area contributed by atoms with Gasteiger partial charge < -0.3 is 21.3 Å². The second-order valence-corrected chi connectivity index (χ2v) is 12.4. The minimum Gasteiger partial charge on any atom is -0.371 e. The molecule has 0 bridgehead atoms. The van der Waals surface area contributed by atoms with Crippen LogP contribution in [0, 0.1) is 17.8 Å². The summed E-state index contributed by atoms with van der Waals surface area (Å²) in [5, 5.41) is 6.43. The van der Waals surface area contributed by atoms with Gasteiger partial charge in [0.1, 0.15) is 0 Å². The molecule has 2 aromatic carbocycles. The second-order valence-electron chi connectivity index (χ2n) is 11.5. The maximum Gasteiger partial charge on any atom is 0.241 e. The Hall–Kier alpha value is -2.55. The molecular formula is C31H43N5O2S. The minimum atomic E-state index is -0.153. The number of rotatable bonds is 10. The topological polar surface area (TPSA) is 99.5 Å². The van der Waals surface area contributed by atoms with Gasteiger partial charge in [-0.1, -0.05) is 30.3 Å². The molecule has 8 heteroatoms. The van der Waals surface area contributed by atoms with Gasteiger partial charge in [0, 0.05) is 36.1 Å². The van der Waals surface area contributed by atoms with E-state index in [1.807, 2.05) is 6.07 Å². The third-order valence-electron chi connectivity index (χ3n) is 8.73. The largest absolute Gasteiger partial charge is 0.371 e. The van der Waals surface area contributed by atoms with E-state index in [0.717, 1.165) is 81.7 Å². The number of nitrogens with zero attached hydrogens (tertiary/aromatic N) is 1. The summed E-state index contributed by atoms with van der Waals surface area (Å²) in [5.74, 6) is 1.21. The average molecular weight is 550 g/mol. The van der Waals surface area contributed by atoms with Crippen LogP contribution in [0.5, 0.6) is 0 Å². The fraction of sp³-hybridized carbons (Fsp3) is 0.548. The van der Waals surface area contributed by atoms with Gasteiger partial charge in [0.2, 0.25) is 11.8 Å². The number of hydrogen-bond donors (Lipinski definition) is 4. The molecular weight excluding hydrogens is 506 g/mol. The zero-order valence-corrected chi connectivity index (χ0v) is 23.7. The van der Waals surface area contributed by atoms with E-state index in [0.29, 0.717) is 11.8 Å². The van der Waals surface area contributed by atoms with Crippen molar-refractivity contribution in [3.05, 3.63) is 54.1 Å². The summed E-state index contributed by atoms with van der Waals surface area (Å²) in [4.78, 5) is 27.9. The van der Waals surface area contributed by atoms with Gasteiger partial charge in [0.05, 0.1) is 11.7 Å². The number of piperidine rings is 1. The molecule has 1 atom stereocenters. The number of primary amides is 1. The predicted molar refractivity (Wildman–Crippen MR) is 160 cm³/mol. The molecule has 1 saturated carbocycles. The number of nitrogens with one attached hydrogen (secondary N) is 3. The van der Waals surface area contributed by atoms with Crippen LogP contribution in [0.1, 0.15) is 56.9 Å². The number of carbonyl (C=O) groups is 2. The van der Waals surface area contributed by atoms with Crippen molar-refractivity contribution < 1.29 is 9.59 Å². The Balaban J connectivity index is 1.21. The van der Waals surface area contributed by atoms with Gasteiger partial charge in [-0.25, -0.2) is 0 Å². The number of carbonyl (C=O) groups excluding carboxylic acids is 2. The quantitative estimate of drug-likeness (QED) is 0.320.